The number of nitrogens with one attached hydrogen (secondary N) is 1. The average Bonchev–Trinajstić information content (AvgIpc) is 3.04. The summed E-state index contributed by atoms with van der Waals surface area (Å²) in [7, 11) is 0. The number of alkyl halides is 2. The lowest BCUT2D eigenvalue weighted by atomic mass is 10.1. The van der Waals surface area contributed by atoms with E-state index in [1.54, 1.807) is 0 Å². The molecule has 1 aromatic carbocycles. The van der Waals surface area contributed by atoms with Gasteiger partial charge in [-0.15, -0.1) is 0 Å². The lowest BCUT2D eigenvalue weighted by Crippen LogP contribution is -2.40. The average molecular weight is 308 g/mol. The number of carbonyl (C=O) groups is 1. The Bertz CT molecular complexity index is 530. The van der Waals surface area contributed by atoms with Gasteiger partial charge in [-0.25, -0.2) is 8.78 Å². The summed E-state index contributed by atoms with van der Waals surface area (Å²) >= 11 is 0. The molecule has 120 valence electrons. The second-order valence-corrected chi connectivity index (χ2v) is 6.32. The molecule has 0 aromatic heterocycles. The molecule has 1 aromatic rings. The minimum absolute atomic E-state index is 0.00648. The molecule has 1 atom stereocenters. The molecule has 1 heterocycles. The highest BCUT2D eigenvalue weighted by Crippen LogP contribution is 2.35. The van der Waals surface area contributed by atoms with Gasteiger partial charge in [0.2, 0.25) is 5.91 Å². The molecule has 2 fully saturated rings. The molecule has 3 rings (SSSR count). The monoisotopic (exact) mass is 308 g/mol. The van der Waals surface area contributed by atoms with Crippen molar-refractivity contribution >= 4 is 5.91 Å². The topological polar surface area (TPSA) is 32.3 Å². The lowest BCUT2D eigenvalue weighted by Gasteiger charge is -2.20. The Morgan fingerprint density at radius 1 is 1.18 bits per heavy atom. The van der Waals surface area contributed by atoms with E-state index in [2.05, 4.69) is 5.32 Å². The van der Waals surface area contributed by atoms with Crippen LogP contribution < -0.4 is 5.32 Å². The van der Waals surface area contributed by atoms with Crippen LogP contribution >= 0.6 is 0 Å². The largest absolute Gasteiger partial charge is 0.338 e. The predicted octanol–water partition coefficient (Wildman–Crippen LogP) is 3.09. The number of carbonyl (C=O) groups excluding carboxylic acids is 1. The number of rotatable bonds is 5. The number of likely N-dealkylation sites (tertiary alicyclic amines) is 1. The minimum atomic E-state index is -2.57. The number of hydrogen-bond acceptors (Lipinski definition) is 2. The Kier molecular flexibility index (Phi) is 4.43. The highest BCUT2D eigenvalue weighted by molar-refractivity contribution is 5.78. The third-order valence-electron chi connectivity index (χ3n) is 4.63. The predicted molar refractivity (Wildman–Crippen MR) is 80.5 cm³/mol. The first-order valence-corrected chi connectivity index (χ1v) is 8.01. The highest BCUT2D eigenvalue weighted by atomic mass is 19.3. The Labute approximate surface area is 129 Å². The van der Waals surface area contributed by atoms with Crippen molar-refractivity contribution in [2.75, 3.05) is 6.54 Å². The maximum Gasteiger partial charge on any atom is 0.263 e. The fourth-order valence-corrected chi connectivity index (χ4v) is 3.27. The zero-order valence-electron chi connectivity index (χ0n) is 12.7. The summed E-state index contributed by atoms with van der Waals surface area (Å²) in [6, 6.07) is 7.17. The third kappa shape index (κ3) is 3.46. The summed E-state index contributed by atoms with van der Waals surface area (Å²) in [5.41, 5.74) is 2.09. The fraction of sp³-hybridized carbons (Fsp3) is 0.588. The van der Waals surface area contributed by atoms with E-state index < -0.39 is 12.0 Å². The molecule has 1 unspecified atom stereocenters. The zero-order valence-corrected chi connectivity index (χ0v) is 12.7. The summed E-state index contributed by atoms with van der Waals surface area (Å²) in [6.07, 6.45) is 2.72. The van der Waals surface area contributed by atoms with E-state index in [1.165, 1.54) is 0 Å². The van der Waals surface area contributed by atoms with Crippen LogP contribution in [0, 0.1) is 0 Å². The van der Waals surface area contributed by atoms with Gasteiger partial charge in [-0.1, -0.05) is 24.3 Å². The molecule has 5 heteroatoms. The molecule has 1 amide bonds. The van der Waals surface area contributed by atoms with E-state index in [1.807, 2.05) is 29.2 Å². The zero-order chi connectivity index (χ0) is 15.6. The van der Waals surface area contributed by atoms with E-state index in [0.717, 1.165) is 24.1 Å². The van der Waals surface area contributed by atoms with Crippen molar-refractivity contribution in [2.24, 2.45) is 0 Å². The van der Waals surface area contributed by atoms with E-state index >= 15 is 0 Å². The van der Waals surface area contributed by atoms with Gasteiger partial charge in [-0.3, -0.25) is 4.79 Å². The number of amides is 1. The molecule has 0 bridgehead atoms. The number of nitrogens with zero attached hydrogens (tertiary/aromatic N) is 1. The number of halogens is 2. The molecule has 1 aliphatic carbocycles. The van der Waals surface area contributed by atoms with Crippen molar-refractivity contribution in [1.29, 1.82) is 0 Å². The van der Waals surface area contributed by atoms with Crippen LogP contribution in [-0.2, 0) is 17.9 Å². The summed E-state index contributed by atoms with van der Waals surface area (Å²) in [4.78, 5) is 13.5. The van der Waals surface area contributed by atoms with Crippen molar-refractivity contribution in [2.45, 2.75) is 57.2 Å². The molecule has 0 spiro atoms. The van der Waals surface area contributed by atoms with Gasteiger partial charge in [0.05, 0.1) is 6.04 Å². The van der Waals surface area contributed by atoms with Gasteiger partial charge in [0, 0.05) is 32.5 Å². The van der Waals surface area contributed by atoms with Crippen LogP contribution in [0.1, 0.15) is 43.2 Å². The smallest absolute Gasteiger partial charge is 0.263 e. The van der Waals surface area contributed by atoms with Crippen LogP contribution in [0.3, 0.4) is 0 Å². The number of hydrogen-bond donors (Lipinski definition) is 1. The second kappa shape index (κ2) is 6.32. The first kappa shape index (κ1) is 15.4. The van der Waals surface area contributed by atoms with Crippen molar-refractivity contribution in [3.63, 3.8) is 0 Å². The van der Waals surface area contributed by atoms with Crippen molar-refractivity contribution in [3.8, 4) is 0 Å². The number of benzene rings is 1. The molecule has 1 aliphatic heterocycles. The quantitative estimate of drug-likeness (QED) is 0.906. The Hall–Kier alpha value is -1.49. The van der Waals surface area contributed by atoms with Gasteiger partial charge in [-0.05, 0) is 30.4 Å². The highest BCUT2D eigenvalue weighted by Gasteiger charge is 2.43. The fourth-order valence-electron chi connectivity index (χ4n) is 3.27. The summed E-state index contributed by atoms with van der Waals surface area (Å²) in [6.45, 7) is 1.94. The summed E-state index contributed by atoms with van der Waals surface area (Å²) < 4.78 is 27.1. The van der Waals surface area contributed by atoms with Gasteiger partial charge in [-0.2, -0.15) is 0 Å². The van der Waals surface area contributed by atoms with Crippen LogP contribution in [0.2, 0.25) is 0 Å². The van der Waals surface area contributed by atoms with Gasteiger partial charge in [0.1, 0.15) is 0 Å². The minimum Gasteiger partial charge on any atom is -0.338 e. The molecule has 0 radical (unpaired) electrons. The van der Waals surface area contributed by atoms with E-state index in [4.69, 9.17) is 0 Å². The maximum atomic E-state index is 13.5. The lowest BCUT2D eigenvalue weighted by molar-refractivity contribution is -0.128. The van der Waals surface area contributed by atoms with Crippen LogP contribution in [0.25, 0.3) is 0 Å². The van der Waals surface area contributed by atoms with Crippen LogP contribution in [0.15, 0.2) is 24.3 Å². The SMILES string of the molecule is O=C1CCCN1Cc1ccc(CNC2CCCC2(F)F)cc1. The first-order chi connectivity index (χ1) is 10.5. The molecular formula is C17H22F2N2O. The van der Waals surface area contributed by atoms with Crippen molar-refractivity contribution < 1.29 is 13.6 Å². The standard InChI is InChI=1S/C17H22F2N2O/c18-17(19)9-1-3-15(17)20-11-13-5-7-14(8-6-13)12-21-10-2-4-16(21)22/h5-8,15,20H,1-4,9-12H2. The van der Waals surface area contributed by atoms with E-state index in [0.29, 0.717) is 32.4 Å². The summed E-state index contributed by atoms with van der Waals surface area (Å²) in [5, 5.41) is 2.97. The van der Waals surface area contributed by atoms with Crippen LogP contribution in [0.5, 0.6) is 0 Å². The van der Waals surface area contributed by atoms with Crippen LogP contribution in [-0.4, -0.2) is 29.3 Å². The molecule has 1 saturated heterocycles. The van der Waals surface area contributed by atoms with Crippen molar-refractivity contribution in [3.05, 3.63) is 35.4 Å². The third-order valence-corrected chi connectivity index (χ3v) is 4.63. The van der Waals surface area contributed by atoms with E-state index in [9.17, 15) is 13.6 Å². The first-order valence-electron chi connectivity index (χ1n) is 8.01. The summed E-state index contributed by atoms with van der Waals surface area (Å²) in [5.74, 6) is -2.36. The molecule has 1 N–H and O–H groups in total. The van der Waals surface area contributed by atoms with Gasteiger partial charge in [0.15, 0.2) is 0 Å². The maximum absolute atomic E-state index is 13.5. The molecule has 3 nitrogen and oxygen atoms in total. The molecular weight excluding hydrogens is 286 g/mol. The Morgan fingerprint density at radius 2 is 1.91 bits per heavy atom. The Balaban J connectivity index is 1.52. The molecule has 1 saturated carbocycles. The van der Waals surface area contributed by atoms with Gasteiger partial charge in [0.25, 0.3) is 5.92 Å². The second-order valence-electron chi connectivity index (χ2n) is 6.32. The van der Waals surface area contributed by atoms with Crippen molar-refractivity contribution in [1.82, 2.24) is 10.2 Å². The van der Waals surface area contributed by atoms with Gasteiger partial charge >= 0.3 is 0 Å². The van der Waals surface area contributed by atoms with Gasteiger partial charge < -0.3 is 10.2 Å². The van der Waals surface area contributed by atoms with Crippen LogP contribution in [0.4, 0.5) is 8.78 Å². The Morgan fingerprint density at radius 3 is 2.50 bits per heavy atom. The molecule has 22 heavy (non-hydrogen) atoms. The van der Waals surface area contributed by atoms with E-state index in [-0.39, 0.29) is 12.3 Å². The molecule has 2 aliphatic rings. The normalized spacial score (nSPS) is 24.2.